The third-order valence-electron chi connectivity index (χ3n) is 4.07. The lowest BCUT2D eigenvalue weighted by molar-refractivity contribution is 0.650. The van der Waals surface area contributed by atoms with Crippen molar-refractivity contribution in [3.05, 3.63) is 81.1 Å². The van der Waals surface area contributed by atoms with Crippen molar-refractivity contribution in [2.45, 2.75) is 20.4 Å². The van der Waals surface area contributed by atoms with E-state index in [1.165, 1.54) is 21.6 Å². The number of hydrogen-bond donors (Lipinski definition) is 0. The average molecular weight is 347 g/mol. The van der Waals surface area contributed by atoms with Gasteiger partial charge in [-0.15, -0.1) is 11.3 Å². The quantitative estimate of drug-likeness (QED) is 0.558. The minimum absolute atomic E-state index is 0.138. The highest BCUT2D eigenvalue weighted by Gasteiger charge is 2.16. The molecule has 0 fully saturated rings. The van der Waals surface area contributed by atoms with Crippen LogP contribution in [0.1, 0.15) is 16.1 Å². The fourth-order valence-corrected chi connectivity index (χ4v) is 3.86. The number of rotatable bonds is 3. The standard InChI is InChI=1S/C20H17N3OS/c1-13-7-6-8-15(11-13)12-23-20(24)18-19(25-14(2)21-18)17(22-23)16-9-4-3-5-10-16/h3-11H,12H2,1-2H3. The molecule has 0 aliphatic carbocycles. The lowest BCUT2D eigenvalue weighted by atomic mass is 10.1. The largest absolute Gasteiger partial charge is 0.294 e. The van der Waals surface area contributed by atoms with E-state index in [-0.39, 0.29) is 5.56 Å². The summed E-state index contributed by atoms with van der Waals surface area (Å²) in [7, 11) is 0. The summed E-state index contributed by atoms with van der Waals surface area (Å²) in [5, 5.41) is 5.56. The average Bonchev–Trinajstić information content (AvgIpc) is 3.00. The Balaban J connectivity index is 1.93. The highest BCUT2D eigenvalue weighted by Crippen LogP contribution is 2.29. The Morgan fingerprint density at radius 2 is 1.84 bits per heavy atom. The Labute approximate surface area is 149 Å². The molecule has 0 amide bonds. The van der Waals surface area contributed by atoms with Gasteiger partial charge in [-0.3, -0.25) is 4.79 Å². The van der Waals surface area contributed by atoms with Gasteiger partial charge in [0.2, 0.25) is 0 Å². The fourth-order valence-electron chi connectivity index (χ4n) is 2.94. The van der Waals surface area contributed by atoms with Crippen LogP contribution in [0.4, 0.5) is 0 Å². The van der Waals surface area contributed by atoms with Crippen molar-refractivity contribution in [1.82, 2.24) is 14.8 Å². The molecule has 0 bridgehead atoms. The first-order valence-electron chi connectivity index (χ1n) is 8.11. The second-order valence-corrected chi connectivity index (χ2v) is 7.28. The summed E-state index contributed by atoms with van der Waals surface area (Å²) in [6, 6.07) is 18.1. The summed E-state index contributed by atoms with van der Waals surface area (Å²) >= 11 is 1.52. The van der Waals surface area contributed by atoms with Crippen LogP contribution in [0, 0.1) is 13.8 Å². The molecule has 4 rings (SSSR count). The number of thiazole rings is 1. The topological polar surface area (TPSA) is 47.8 Å². The maximum atomic E-state index is 12.9. The third kappa shape index (κ3) is 2.98. The van der Waals surface area contributed by atoms with Gasteiger partial charge in [0.15, 0.2) is 5.52 Å². The number of fused-ring (bicyclic) bond motifs is 1. The summed E-state index contributed by atoms with van der Waals surface area (Å²) in [5.41, 5.74) is 4.39. The molecule has 0 N–H and O–H groups in total. The van der Waals surface area contributed by atoms with Gasteiger partial charge in [0.25, 0.3) is 5.56 Å². The van der Waals surface area contributed by atoms with Crippen LogP contribution in [-0.2, 0) is 6.54 Å². The Hall–Kier alpha value is -2.79. The van der Waals surface area contributed by atoms with E-state index in [1.807, 2.05) is 62.4 Å². The molecule has 2 heterocycles. The zero-order valence-corrected chi connectivity index (χ0v) is 14.9. The zero-order chi connectivity index (χ0) is 17.4. The van der Waals surface area contributed by atoms with E-state index in [1.54, 1.807) is 0 Å². The van der Waals surface area contributed by atoms with Crippen molar-refractivity contribution in [2.75, 3.05) is 0 Å². The van der Waals surface area contributed by atoms with Gasteiger partial charge in [-0.2, -0.15) is 5.10 Å². The van der Waals surface area contributed by atoms with Crippen LogP contribution in [0.25, 0.3) is 21.5 Å². The van der Waals surface area contributed by atoms with Crippen LogP contribution >= 0.6 is 11.3 Å². The molecule has 5 heteroatoms. The molecule has 0 saturated carbocycles. The molecular formula is C20H17N3OS. The van der Waals surface area contributed by atoms with Crippen molar-refractivity contribution < 1.29 is 0 Å². The zero-order valence-electron chi connectivity index (χ0n) is 14.1. The van der Waals surface area contributed by atoms with Gasteiger partial charge in [0.1, 0.15) is 5.69 Å². The highest BCUT2D eigenvalue weighted by molar-refractivity contribution is 7.19. The van der Waals surface area contributed by atoms with E-state index >= 15 is 0 Å². The van der Waals surface area contributed by atoms with Gasteiger partial charge in [-0.25, -0.2) is 9.67 Å². The number of hydrogen-bond acceptors (Lipinski definition) is 4. The van der Waals surface area contributed by atoms with Crippen molar-refractivity contribution in [2.24, 2.45) is 0 Å². The van der Waals surface area contributed by atoms with Crippen molar-refractivity contribution in [3.8, 4) is 11.3 Å². The number of aromatic nitrogens is 3. The number of aryl methyl sites for hydroxylation is 2. The minimum Gasteiger partial charge on any atom is -0.265 e. The lowest BCUT2D eigenvalue weighted by Gasteiger charge is -2.09. The maximum absolute atomic E-state index is 12.9. The van der Waals surface area contributed by atoms with Crippen molar-refractivity contribution >= 4 is 21.6 Å². The van der Waals surface area contributed by atoms with Gasteiger partial charge in [-0.1, -0.05) is 60.2 Å². The summed E-state index contributed by atoms with van der Waals surface area (Å²) in [5.74, 6) is 0. The number of nitrogens with zero attached hydrogens (tertiary/aromatic N) is 3. The van der Waals surface area contributed by atoms with Gasteiger partial charge in [-0.05, 0) is 19.4 Å². The van der Waals surface area contributed by atoms with Crippen molar-refractivity contribution in [1.29, 1.82) is 0 Å². The van der Waals surface area contributed by atoms with E-state index in [9.17, 15) is 4.79 Å². The maximum Gasteiger partial charge on any atom is 0.294 e. The molecule has 0 spiro atoms. The van der Waals surface area contributed by atoms with Crippen LogP contribution in [0.15, 0.2) is 59.4 Å². The molecule has 0 radical (unpaired) electrons. The van der Waals surface area contributed by atoms with Gasteiger partial charge >= 0.3 is 0 Å². The Morgan fingerprint density at radius 1 is 1.04 bits per heavy atom. The van der Waals surface area contributed by atoms with Crippen LogP contribution in [-0.4, -0.2) is 14.8 Å². The van der Waals surface area contributed by atoms with Gasteiger partial charge < -0.3 is 0 Å². The molecule has 4 nitrogen and oxygen atoms in total. The molecule has 124 valence electrons. The van der Waals surface area contributed by atoms with E-state index in [0.717, 1.165) is 26.5 Å². The lowest BCUT2D eigenvalue weighted by Crippen LogP contribution is -2.24. The van der Waals surface area contributed by atoms with E-state index in [0.29, 0.717) is 12.1 Å². The Morgan fingerprint density at radius 3 is 2.60 bits per heavy atom. The molecule has 0 saturated heterocycles. The Bertz CT molecular complexity index is 1110. The molecule has 0 atom stereocenters. The number of benzene rings is 2. The Kier molecular flexibility index (Phi) is 3.93. The molecule has 0 aliphatic rings. The SMILES string of the molecule is Cc1cccc(Cn2nc(-c3ccccc3)c3sc(C)nc3c2=O)c1. The molecular weight excluding hydrogens is 330 g/mol. The molecule has 2 aromatic carbocycles. The first-order valence-corrected chi connectivity index (χ1v) is 8.93. The van der Waals surface area contributed by atoms with Crippen molar-refractivity contribution in [3.63, 3.8) is 0 Å². The third-order valence-corrected chi connectivity index (χ3v) is 5.05. The molecule has 2 aromatic heterocycles. The minimum atomic E-state index is -0.138. The predicted molar refractivity (Wildman–Crippen MR) is 102 cm³/mol. The second kappa shape index (κ2) is 6.26. The smallest absolute Gasteiger partial charge is 0.265 e. The van der Waals surface area contributed by atoms with Gasteiger partial charge in [0.05, 0.1) is 16.3 Å². The first kappa shape index (κ1) is 15.7. The summed E-state index contributed by atoms with van der Waals surface area (Å²) < 4.78 is 2.38. The van der Waals surface area contributed by atoms with Crippen LogP contribution in [0.2, 0.25) is 0 Å². The van der Waals surface area contributed by atoms with Gasteiger partial charge in [0, 0.05) is 5.56 Å². The monoisotopic (exact) mass is 347 g/mol. The van der Waals surface area contributed by atoms with E-state index < -0.39 is 0 Å². The fraction of sp³-hybridized carbons (Fsp3) is 0.150. The molecule has 0 aliphatic heterocycles. The van der Waals surface area contributed by atoms with E-state index in [4.69, 9.17) is 0 Å². The second-order valence-electron chi connectivity index (χ2n) is 6.08. The summed E-state index contributed by atoms with van der Waals surface area (Å²) in [6.07, 6.45) is 0. The van der Waals surface area contributed by atoms with E-state index in [2.05, 4.69) is 16.1 Å². The van der Waals surface area contributed by atoms with Crippen LogP contribution in [0.5, 0.6) is 0 Å². The highest BCUT2D eigenvalue weighted by atomic mass is 32.1. The molecule has 0 unspecified atom stereocenters. The normalized spacial score (nSPS) is 11.1. The molecule has 4 aromatic rings. The van der Waals surface area contributed by atoms with Crippen LogP contribution < -0.4 is 5.56 Å². The molecule has 25 heavy (non-hydrogen) atoms. The summed E-state index contributed by atoms with van der Waals surface area (Å²) in [6.45, 7) is 4.40. The first-order chi connectivity index (χ1) is 12.1. The predicted octanol–water partition coefficient (Wildman–Crippen LogP) is 4.19. The van der Waals surface area contributed by atoms with Crippen LogP contribution in [0.3, 0.4) is 0 Å². The summed E-state index contributed by atoms with van der Waals surface area (Å²) in [4.78, 5) is 17.3.